The first-order chi connectivity index (χ1) is 6.86. The normalized spacial score (nSPS) is 11.0. The Bertz CT molecular complexity index is 438. The Balaban J connectivity index is 3.38. The summed E-state index contributed by atoms with van der Waals surface area (Å²) in [6, 6.07) is 1.47. The number of halogens is 5. The summed E-state index contributed by atoms with van der Waals surface area (Å²) in [6.07, 6.45) is -3.43. The van der Waals surface area contributed by atoms with Crippen molar-refractivity contribution in [2.75, 3.05) is 0 Å². The molecule has 0 saturated carbocycles. The molecule has 0 amide bonds. The molecule has 0 aromatic heterocycles. The van der Waals surface area contributed by atoms with Gasteiger partial charge in [0.2, 0.25) is 6.08 Å². The van der Waals surface area contributed by atoms with Gasteiger partial charge in [0.05, 0.1) is 21.3 Å². The Labute approximate surface area is 92.3 Å². The molecule has 0 atom stereocenters. The Hall–Kier alpha value is -1.03. The van der Waals surface area contributed by atoms with Crippen LogP contribution in [-0.2, 0) is 11.0 Å². The van der Waals surface area contributed by atoms with Crippen molar-refractivity contribution >= 4 is 35.0 Å². The Morgan fingerprint density at radius 3 is 2.27 bits per heavy atom. The van der Waals surface area contributed by atoms with Crippen LogP contribution in [0.2, 0.25) is 10.0 Å². The van der Waals surface area contributed by atoms with Gasteiger partial charge in [-0.05, 0) is 12.1 Å². The first-order valence-corrected chi connectivity index (χ1v) is 4.26. The molecule has 2 nitrogen and oxygen atoms in total. The predicted molar refractivity (Wildman–Crippen MR) is 49.2 cm³/mol. The molecule has 80 valence electrons. The monoisotopic (exact) mass is 255 g/mol. The summed E-state index contributed by atoms with van der Waals surface area (Å²) in [5, 5.41) is -0.879. The van der Waals surface area contributed by atoms with Crippen LogP contribution < -0.4 is 0 Å². The Morgan fingerprint density at radius 1 is 1.20 bits per heavy atom. The highest BCUT2D eigenvalue weighted by Crippen LogP contribution is 2.39. The van der Waals surface area contributed by atoms with Gasteiger partial charge in [-0.2, -0.15) is 18.2 Å². The zero-order chi connectivity index (χ0) is 11.6. The number of hydrogen-bond donors (Lipinski definition) is 0. The average Bonchev–Trinajstić information content (AvgIpc) is 2.09. The zero-order valence-electron chi connectivity index (χ0n) is 6.90. The van der Waals surface area contributed by atoms with Crippen LogP contribution in [0.4, 0.5) is 18.9 Å². The molecule has 0 N–H and O–H groups in total. The third kappa shape index (κ3) is 2.72. The average molecular weight is 256 g/mol. The van der Waals surface area contributed by atoms with Gasteiger partial charge in [-0.1, -0.05) is 23.2 Å². The predicted octanol–water partition coefficient (Wildman–Crippen LogP) is 3.98. The highest BCUT2D eigenvalue weighted by molar-refractivity contribution is 6.35. The van der Waals surface area contributed by atoms with E-state index in [1.54, 1.807) is 0 Å². The van der Waals surface area contributed by atoms with Crippen molar-refractivity contribution in [3.63, 3.8) is 0 Å². The summed E-state index contributed by atoms with van der Waals surface area (Å²) in [7, 11) is 0. The first-order valence-electron chi connectivity index (χ1n) is 3.50. The van der Waals surface area contributed by atoms with E-state index < -0.39 is 16.8 Å². The number of nitrogens with zero attached hydrogens (tertiary/aromatic N) is 1. The molecule has 0 radical (unpaired) electrons. The van der Waals surface area contributed by atoms with Gasteiger partial charge in [0.15, 0.2) is 0 Å². The van der Waals surface area contributed by atoms with Gasteiger partial charge in [0, 0.05) is 0 Å². The van der Waals surface area contributed by atoms with E-state index in [4.69, 9.17) is 23.2 Å². The van der Waals surface area contributed by atoms with Crippen molar-refractivity contribution in [2.24, 2.45) is 4.99 Å². The molecule has 0 aliphatic carbocycles. The number of alkyl halides is 3. The molecule has 0 aliphatic heterocycles. The number of aliphatic imine (C=N–C) groups is 1. The minimum absolute atomic E-state index is 0.148. The van der Waals surface area contributed by atoms with Gasteiger partial charge in [-0.3, -0.25) is 0 Å². The molecule has 1 aromatic rings. The fourth-order valence-electron chi connectivity index (χ4n) is 0.888. The summed E-state index contributed by atoms with van der Waals surface area (Å²) in [5.74, 6) is 0. The molecule has 0 unspecified atom stereocenters. The van der Waals surface area contributed by atoms with Gasteiger partial charge in [0.25, 0.3) is 0 Å². The van der Waals surface area contributed by atoms with Crippen LogP contribution in [0.1, 0.15) is 5.56 Å². The minimum Gasteiger partial charge on any atom is -0.211 e. The zero-order valence-corrected chi connectivity index (χ0v) is 8.41. The van der Waals surface area contributed by atoms with Crippen LogP contribution >= 0.6 is 23.2 Å². The van der Waals surface area contributed by atoms with Crippen LogP contribution in [0.3, 0.4) is 0 Å². The number of hydrogen-bond acceptors (Lipinski definition) is 2. The van der Waals surface area contributed by atoms with Crippen molar-refractivity contribution in [1.29, 1.82) is 0 Å². The van der Waals surface area contributed by atoms with E-state index in [9.17, 15) is 18.0 Å². The molecule has 15 heavy (non-hydrogen) atoms. The Kier molecular flexibility index (Phi) is 3.39. The molecule has 0 aliphatic rings. The molecule has 1 aromatic carbocycles. The first kappa shape index (κ1) is 12.0. The smallest absolute Gasteiger partial charge is 0.211 e. The van der Waals surface area contributed by atoms with E-state index >= 15 is 0 Å². The number of carbonyl (C=O) groups excluding carboxylic acids is 1. The van der Waals surface area contributed by atoms with Gasteiger partial charge >= 0.3 is 6.18 Å². The van der Waals surface area contributed by atoms with Crippen LogP contribution in [-0.4, -0.2) is 6.08 Å². The van der Waals surface area contributed by atoms with Gasteiger partial charge in [-0.15, -0.1) is 0 Å². The number of rotatable bonds is 1. The third-order valence-electron chi connectivity index (χ3n) is 1.51. The van der Waals surface area contributed by atoms with E-state index in [2.05, 4.69) is 4.99 Å². The summed E-state index contributed by atoms with van der Waals surface area (Å²) in [4.78, 5) is 13.0. The topological polar surface area (TPSA) is 29.4 Å². The second-order valence-electron chi connectivity index (χ2n) is 2.48. The summed E-state index contributed by atoms with van der Waals surface area (Å²) >= 11 is 10.8. The number of benzene rings is 1. The Morgan fingerprint density at radius 2 is 1.80 bits per heavy atom. The fraction of sp³-hybridized carbons (Fsp3) is 0.125. The summed E-state index contributed by atoms with van der Waals surface area (Å²) < 4.78 is 36.9. The van der Waals surface area contributed by atoms with E-state index in [1.807, 2.05) is 0 Å². The van der Waals surface area contributed by atoms with Crippen molar-refractivity contribution in [3.05, 3.63) is 27.7 Å². The molecular formula is C8H2Cl2F3NO. The van der Waals surface area contributed by atoms with Gasteiger partial charge < -0.3 is 0 Å². The highest BCUT2D eigenvalue weighted by atomic mass is 35.5. The van der Waals surface area contributed by atoms with Gasteiger partial charge in [0.1, 0.15) is 0 Å². The maximum absolute atomic E-state index is 12.3. The van der Waals surface area contributed by atoms with E-state index in [1.165, 1.54) is 0 Å². The summed E-state index contributed by atoms with van der Waals surface area (Å²) in [5.41, 5.74) is -1.22. The molecule has 0 heterocycles. The largest absolute Gasteiger partial charge is 0.417 e. The van der Waals surface area contributed by atoms with Crippen LogP contribution in [0.5, 0.6) is 0 Å². The van der Waals surface area contributed by atoms with Crippen molar-refractivity contribution in [3.8, 4) is 0 Å². The van der Waals surface area contributed by atoms with Crippen LogP contribution in [0.15, 0.2) is 17.1 Å². The third-order valence-corrected chi connectivity index (χ3v) is 2.12. The van der Waals surface area contributed by atoms with Crippen LogP contribution in [0.25, 0.3) is 0 Å². The molecule has 0 saturated heterocycles. The van der Waals surface area contributed by atoms with Crippen molar-refractivity contribution in [2.45, 2.75) is 6.18 Å². The lowest BCUT2D eigenvalue weighted by Crippen LogP contribution is -2.05. The molecule has 0 spiro atoms. The van der Waals surface area contributed by atoms with E-state index in [0.717, 1.165) is 12.1 Å². The lowest BCUT2D eigenvalue weighted by molar-refractivity contribution is -0.137. The number of isocyanates is 1. The summed E-state index contributed by atoms with van der Waals surface area (Å²) in [6.45, 7) is 0. The lowest BCUT2D eigenvalue weighted by atomic mass is 10.2. The maximum Gasteiger partial charge on any atom is 0.417 e. The second-order valence-corrected chi connectivity index (χ2v) is 3.30. The standard InChI is InChI=1S/C8H2Cl2F3NO/c9-5-2-7(14-3-15)6(10)1-4(5)8(11,12)13/h1-2H. The van der Waals surface area contributed by atoms with Crippen molar-refractivity contribution in [1.82, 2.24) is 0 Å². The SMILES string of the molecule is O=C=Nc1cc(Cl)c(C(F)(F)F)cc1Cl. The molecule has 7 heteroatoms. The lowest BCUT2D eigenvalue weighted by Gasteiger charge is -2.09. The maximum atomic E-state index is 12.3. The highest BCUT2D eigenvalue weighted by Gasteiger charge is 2.33. The molecule has 0 fully saturated rings. The van der Waals surface area contributed by atoms with E-state index in [-0.39, 0.29) is 10.7 Å². The van der Waals surface area contributed by atoms with Gasteiger partial charge in [-0.25, -0.2) is 4.79 Å². The van der Waals surface area contributed by atoms with Crippen LogP contribution in [0, 0.1) is 0 Å². The quantitative estimate of drug-likeness (QED) is 0.552. The van der Waals surface area contributed by atoms with Crippen molar-refractivity contribution < 1.29 is 18.0 Å². The molecule has 0 bridgehead atoms. The second kappa shape index (κ2) is 4.23. The fourth-order valence-corrected chi connectivity index (χ4v) is 1.36. The minimum atomic E-state index is -4.59. The molecular weight excluding hydrogens is 254 g/mol. The van der Waals surface area contributed by atoms with E-state index in [0.29, 0.717) is 6.07 Å². The molecule has 1 rings (SSSR count).